The van der Waals surface area contributed by atoms with Crippen molar-refractivity contribution in [3.05, 3.63) is 95.6 Å². The number of benzene rings is 3. The smallest absolute Gasteiger partial charge is 0.251 e. The van der Waals surface area contributed by atoms with Gasteiger partial charge in [-0.05, 0) is 35.7 Å². The van der Waals surface area contributed by atoms with E-state index in [0.29, 0.717) is 12.0 Å². The topological polar surface area (TPSA) is 72.2 Å². The summed E-state index contributed by atoms with van der Waals surface area (Å²) in [5, 5.41) is 2.75. The molecule has 0 radical (unpaired) electrons. The Morgan fingerprint density at radius 2 is 1.56 bits per heavy atom. The van der Waals surface area contributed by atoms with Crippen LogP contribution in [0.4, 0.5) is 0 Å². The number of nitrogens with two attached hydrogens (primary N) is 1. The summed E-state index contributed by atoms with van der Waals surface area (Å²) in [5.74, 6) is -0.864. The Kier molecular flexibility index (Phi) is 5.67. The van der Waals surface area contributed by atoms with E-state index in [1.54, 1.807) is 12.1 Å². The van der Waals surface area contributed by atoms with Gasteiger partial charge in [-0.2, -0.15) is 0 Å². The third-order valence-corrected chi connectivity index (χ3v) is 4.43. The van der Waals surface area contributed by atoms with Crippen LogP contribution in [0.25, 0.3) is 11.1 Å². The first kappa shape index (κ1) is 18.4. The molecule has 0 aliphatic heterocycles. The summed E-state index contributed by atoms with van der Waals surface area (Å²) in [5.41, 5.74) is 10.1. The predicted octanol–water partition coefficient (Wildman–Crippen LogP) is 3.49. The van der Waals surface area contributed by atoms with Gasteiger partial charge in [0.25, 0.3) is 5.91 Å². The Balaban J connectivity index is 1.71. The summed E-state index contributed by atoms with van der Waals surface area (Å²) in [6.45, 7) is 1.98. The van der Waals surface area contributed by atoms with Crippen LogP contribution in [0.1, 0.15) is 21.5 Å². The highest BCUT2D eigenvalue weighted by atomic mass is 16.2. The molecule has 0 aromatic heterocycles. The highest BCUT2D eigenvalue weighted by Gasteiger charge is 2.19. The number of rotatable bonds is 6. The standard InChI is InChI=1S/C23H22N2O2/c1-16-6-5-7-17(14-16)15-21(22(24)26)25-23(27)20-12-10-19(11-13-20)18-8-3-2-4-9-18/h2-14,21H,15H2,1H3,(H2,24,26)(H,25,27)/t21-/m0/s1. The Bertz CT molecular complexity index is 934. The Morgan fingerprint density at radius 3 is 2.19 bits per heavy atom. The molecule has 0 bridgehead atoms. The van der Waals surface area contributed by atoms with Crippen LogP contribution in [0, 0.1) is 6.92 Å². The van der Waals surface area contributed by atoms with Crippen molar-refractivity contribution in [1.29, 1.82) is 0 Å². The molecule has 0 saturated carbocycles. The van der Waals surface area contributed by atoms with Crippen LogP contribution in [0.5, 0.6) is 0 Å². The molecule has 0 aliphatic rings. The second-order valence-electron chi connectivity index (χ2n) is 6.56. The van der Waals surface area contributed by atoms with Crippen molar-refractivity contribution in [3.8, 4) is 11.1 Å². The molecule has 4 heteroatoms. The molecule has 27 heavy (non-hydrogen) atoms. The quantitative estimate of drug-likeness (QED) is 0.708. The van der Waals surface area contributed by atoms with Crippen LogP contribution in [-0.4, -0.2) is 17.9 Å². The van der Waals surface area contributed by atoms with Gasteiger partial charge >= 0.3 is 0 Å². The zero-order valence-electron chi connectivity index (χ0n) is 15.2. The molecule has 0 aliphatic carbocycles. The molecule has 3 aromatic rings. The van der Waals surface area contributed by atoms with E-state index in [1.165, 1.54) is 0 Å². The summed E-state index contributed by atoms with van der Waals surface area (Å²) in [6, 6.07) is 24.3. The molecular formula is C23H22N2O2. The highest BCUT2D eigenvalue weighted by molar-refractivity contribution is 5.97. The number of aryl methyl sites for hydroxylation is 1. The van der Waals surface area contributed by atoms with Crippen LogP contribution in [-0.2, 0) is 11.2 Å². The van der Waals surface area contributed by atoms with Crippen molar-refractivity contribution in [2.24, 2.45) is 5.73 Å². The van der Waals surface area contributed by atoms with E-state index in [-0.39, 0.29) is 5.91 Å². The molecule has 0 saturated heterocycles. The van der Waals surface area contributed by atoms with Crippen LogP contribution >= 0.6 is 0 Å². The minimum absolute atomic E-state index is 0.314. The van der Waals surface area contributed by atoms with Crippen molar-refractivity contribution >= 4 is 11.8 Å². The minimum atomic E-state index is -0.756. The predicted molar refractivity (Wildman–Crippen MR) is 107 cm³/mol. The van der Waals surface area contributed by atoms with Crippen LogP contribution in [0.15, 0.2) is 78.9 Å². The number of primary amides is 1. The molecule has 1 atom stereocenters. The summed E-state index contributed by atoms with van der Waals surface area (Å²) in [7, 11) is 0. The second kappa shape index (κ2) is 8.32. The number of hydrogen-bond donors (Lipinski definition) is 2. The van der Waals surface area contributed by atoms with E-state index in [4.69, 9.17) is 5.73 Å². The first-order chi connectivity index (χ1) is 13.0. The van der Waals surface area contributed by atoms with Crippen LogP contribution < -0.4 is 11.1 Å². The first-order valence-electron chi connectivity index (χ1n) is 8.84. The van der Waals surface area contributed by atoms with E-state index in [0.717, 1.165) is 22.3 Å². The van der Waals surface area contributed by atoms with Crippen LogP contribution in [0.2, 0.25) is 0 Å². The van der Waals surface area contributed by atoms with E-state index >= 15 is 0 Å². The third-order valence-electron chi connectivity index (χ3n) is 4.43. The Labute approximate surface area is 159 Å². The maximum Gasteiger partial charge on any atom is 0.251 e. The maximum atomic E-state index is 12.5. The molecule has 3 aromatic carbocycles. The van der Waals surface area contributed by atoms with Gasteiger partial charge in [0.05, 0.1) is 0 Å². The van der Waals surface area contributed by atoms with Gasteiger partial charge in [0.2, 0.25) is 5.91 Å². The molecule has 0 unspecified atom stereocenters. The monoisotopic (exact) mass is 358 g/mol. The minimum Gasteiger partial charge on any atom is -0.368 e. The SMILES string of the molecule is Cc1cccc(C[C@H](NC(=O)c2ccc(-c3ccccc3)cc2)C(N)=O)c1. The van der Waals surface area contributed by atoms with Crippen molar-refractivity contribution in [2.45, 2.75) is 19.4 Å². The highest BCUT2D eigenvalue weighted by Crippen LogP contribution is 2.19. The van der Waals surface area contributed by atoms with Gasteiger partial charge in [0, 0.05) is 12.0 Å². The summed E-state index contributed by atoms with van der Waals surface area (Å²) < 4.78 is 0. The first-order valence-corrected chi connectivity index (χ1v) is 8.84. The average molecular weight is 358 g/mol. The van der Waals surface area contributed by atoms with Crippen molar-refractivity contribution < 1.29 is 9.59 Å². The van der Waals surface area contributed by atoms with Crippen molar-refractivity contribution in [1.82, 2.24) is 5.32 Å². The fourth-order valence-corrected chi connectivity index (χ4v) is 2.98. The van der Waals surface area contributed by atoms with Crippen molar-refractivity contribution in [2.75, 3.05) is 0 Å². The largest absolute Gasteiger partial charge is 0.368 e. The lowest BCUT2D eigenvalue weighted by Crippen LogP contribution is -2.45. The molecule has 136 valence electrons. The average Bonchev–Trinajstić information content (AvgIpc) is 2.68. The molecular weight excluding hydrogens is 336 g/mol. The van der Waals surface area contributed by atoms with Gasteiger partial charge in [0.1, 0.15) is 6.04 Å². The lowest BCUT2D eigenvalue weighted by molar-refractivity contribution is -0.119. The number of carbonyl (C=O) groups is 2. The number of nitrogens with one attached hydrogen (secondary N) is 1. The Hall–Kier alpha value is -3.40. The van der Waals surface area contributed by atoms with Crippen LogP contribution in [0.3, 0.4) is 0 Å². The van der Waals surface area contributed by atoms with E-state index in [2.05, 4.69) is 5.32 Å². The normalized spacial score (nSPS) is 11.6. The van der Waals surface area contributed by atoms with E-state index in [9.17, 15) is 9.59 Å². The van der Waals surface area contributed by atoms with E-state index in [1.807, 2.05) is 73.7 Å². The van der Waals surface area contributed by atoms with Gasteiger partial charge in [-0.3, -0.25) is 9.59 Å². The summed E-state index contributed by atoms with van der Waals surface area (Å²) in [4.78, 5) is 24.3. The third kappa shape index (κ3) is 4.82. The molecule has 2 amide bonds. The molecule has 0 spiro atoms. The molecule has 0 heterocycles. The molecule has 3 N–H and O–H groups in total. The second-order valence-corrected chi connectivity index (χ2v) is 6.56. The zero-order valence-corrected chi connectivity index (χ0v) is 15.2. The lowest BCUT2D eigenvalue weighted by atomic mass is 10.0. The number of carbonyl (C=O) groups excluding carboxylic acids is 2. The van der Waals surface area contributed by atoms with Gasteiger partial charge in [-0.15, -0.1) is 0 Å². The van der Waals surface area contributed by atoms with Crippen molar-refractivity contribution in [3.63, 3.8) is 0 Å². The van der Waals surface area contributed by atoms with Gasteiger partial charge in [0.15, 0.2) is 0 Å². The Morgan fingerprint density at radius 1 is 0.889 bits per heavy atom. The van der Waals surface area contributed by atoms with E-state index < -0.39 is 11.9 Å². The maximum absolute atomic E-state index is 12.5. The lowest BCUT2D eigenvalue weighted by Gasteiger charge is -2.16. The van der Waals surface area contributed by atoms with Gasteiger partial charge in [-0.1, -0.05) is 72.3 Å². The summed E-state index contributed by atoms with van der Waals surface area (Å²) >= 11 is 0. The fraction of sp³-hybridized carbons (Fsp3) is 0.130. The fourth-order valence-electron chi connectivity index (χ4n) is 2.98. The molecule has 3 rings (SSSR count). The van der Waals surface area contributed by atoms with Gasteiger partial charge in [-0.25, -0.2) is 0 Å². The molecule has 4 nitrogen and oxygen atoms in total. The molecule has 0 fully saturated rings. The zero-order chi connectivity index (χ0) is 19.2. The summed E-state index contributed by atoms with van der Waals surface area (Å²) in [6.07, 6.45) is 0.366. The van der Waals surface area contributed by atoms with Gasteiger partial charge < -0.3 is 11.1 Å². The number of hydrogen-bond acceptors (Lipinski definition) is 2. The number of amides is 2.